The molecule has 2 aromatic rings. The smallest absolute Gasteiger partial charge is 0.269 e. The van der Waals surface area contributed by atoms with Gasteiger partial charge in [0.25, 0.3) is 11.6 Å². The second-order valence-electron chi connectivity index (χ2n) is 6.51. The molecule has 1 heterocycles. The number of carbonyl (C=O) groups excluding carboxylic acids is 2. The molecular weight excluding hydrogens is 378 g/mol. The maximum absolute atomic E-state index is 12.9. The van der Waals surface area contributed by atoms with E-state index in [1.807, 2.05) is 0 Å². The molecule has 1 atom stereocenters. The normalized spacial score (nSPS) is 16.5. The molecule has 0 radical (unpaired) electrons. The Morgan fingerprint density at radius 1 is 1.07 bits per heavy atom. The molecule has 2 amide bonds. The first kappa shape index (κ1) is 20.1. The number of benzene rings is 2. The summed E-state index contributed by atoms with van der Waals surface area (Å²) in [4.78, 5) is 39.1. The van der Waals surface area contributed by atoms with Crippen molar-refractivity contribution in [2.45, 2.75) is 13.0 Å². The molecule has 29 heavy (non-hydrogen) atoms. The standard InChI is InChI=1S/C20H21N3O6/c1-13-19(24)22(16-8-9-17(28-2)18(12-16)29-3)11-10-21(13)20(25)14-4-6-15(7-5-14)23(26)27/h4-9,12-13H,10-11H2,1-3H3. The molecule has 0 N–H and O–H groups in total. The molecular formula is C20H21N3O6. The second-order valence-corrected chi connectivity index (χ2v) is 6.51. The van der Waals surface area contributed by atoms with Gasteiger partial charge in [-0.05, 0) is 31.2 Å². The van der Waals surface area contributed by atoms with E-state index >= 15 is 0 Å². The Morgan fingerprint density at radius 3 is 2.31 bits per heavy atom. The minimum Gasteiger partial charge on any atom is -0.493 e. The lowest BCUT2D eigenvalue weighted by molar-refractivity contribution is -0.384. The summed E-state index contributed by atoms with van der Waals surface area (Å²) in [5, 5.41) is 10.8. The van der Waals surface area contributed by atoms with E-state index in [9.17, 15) is 19.7 Å². The number of methoxy groups -OCH3 is 2. The van der Waals surface area contributed by atoms with Crippen LogP contribution < -0.4 is 14.4 Å². The van der Waals surface area contributed by atoms with Crippen molar-refractivity contribution in [2.24, 2.45) is 0 Å². The van der Waals surface area contributed by atoms with Crippen LogP contribution in [0, 0.1) is 10.1 Å². The summed E-state index contributed by atoms with van der Waals surface area (Å²) in [6.45, 7) is 2.31. The maximum Gasteiger partial charge on any atom is 0.269 e. The average Bonchev–Trinajstić information content (AvgIpc) is 2.74. The molecule has 1 unspecified atom stereocenters. The van der Waals surface area contributed by atoms with Crippen molar-refractivity contribution in [3.8, 4) is 11.5 Å². The fourth-order valence-electron chi connectivity index (χ4n) is 3.29. The van der Waals surface area contributed by atoms with E-state index in [-0.39, 0.29) is 17.5 Å². The van der Waals surface area contributed by atoms with Gasteiger partial charge in [-0.1, -0.05) is 0 Å². The second kappa shape index (κ2) is 8.17. The summed E-state index contributed by atoms with van der Waals surface area (Å²) in [6.07, 6.45) is 0. The van der Waals surface area contributed by atoms with Crippen LogP contribution in [-0.4, -0.2) is 55.0 Å². The number of non-ortho nitro benzene ring substituents is 1. The number of anilines is 1. The predicted octanol–water partition coefficient (Wildman–Crippen LogP) is 2.49. The average molecular weight is 399 g/mol. The Bertz CT molecular complexity index is 944. The van der Waals surface area contributed by atoms with Gasteiger partial charge in [0.15, 0.2) is 11.5 Å². The Labute approximate surface area is 167 Å². The first-order chi connectivity index (χ1) is 13.9. The van der Waals surface area contributed by atoms with Crippen molar-refractivity contribution >= 4 is 23.2 Å². The molecule has 3 rings (SSSR count). The van der Waals surface area contributed by atoms with Crippen molar-refractivity contribution < 1.29 is 24.0 Å². The number of rotatable bonds is 5. The van der Waals surface area contributed by atoms with Crippen LogP contribution in [0.4, 0.5) is 11.4 Å². The third-order valence-electron chi connectivity index (χ3n) is 4.92. The summed E-state index contributed by atoms with van der Waals surface area (Å²) in [7, 11) is 3.06. The Kier molecular flexibility index (Phi) is 5.67. The van der Waals surface area contributed by atoms with E-state index in [2.05, 4.69) is 0 Å². The zero-order valence-corrected chi connectivity index (χ0v) is 16.3. The number of hydrogen-bond donors (Lipinski definition) is 0. The lowest BCUT2D eigenvalue weighted by atomic mass is 10.1. The third kappa shape index (κ3) is 3.84. The van der Waals surface area contributed by atoms with Crippen LogP contribution in [0.2, 0.25) is 0 Å². The predicted molar refractivity (Wildman–Crippen MR) is 105 cm³/mol. The molecule has 0 saturated carbocycles. The lowest BCUT2D eigenvalue weighted by Crippen LogP contribution is -2.57. The molecule has 152 valence electrons. The lowest BCUT2D eigenvalue weighted by Gasteiger charge is -2.39. The van der Waals surface area contributed by atoms with Gasteiger partial charge in [0.1, 0.15) is 6.04 Å². The fraction of sp³-hybridized carbons (Fsp3) is 0.300. The van der Waals surface area contributed by atoms with Gasteiger partial charge in [-0.15, -0.1) is 0 Å². The minimum absolute atomic E-state index is 0.0936. The number of ether oxygens (including phenoxy) is 2. The summed E-state index contributed by atoms with van der Waals surface area (Å²) in [5.74, 6) is 0.505. The van der Waals surface area contributed by atoms with E-state index in [1.165, 1.54) is 43.4 Å². The zero-order chi connectivity index (χ0) is 21.1. The number of hydrogen-bond acceptors (Lipinski definition) is 6. The van der Waals surface area contributed by atoms with Crippen molar-refractivity contribution in [3.63, 3.8) is 0 Å². The topological polar surface area (TPSA) is 102 Å². The third-order valence-corrected chi connectivity index (χ3v) is 4.92. The molecule has 9 heteroatoms. The monoisotopic (exact) mass is 399 g/mol. The van der Waals surface area contributed by atoms with Crippen LogP contribution in [0.1, 0.15) is 17.3 Å². The van der Waals surface area contributed by atoms with Crippen LogP contribution in [0.15, 0.2) is 42.5 Å². The Balaban J connectivity index is 1.78. The maximum atomic E-state index is 12.9. The highest BCUT2D eigenvalue weighted by molar-refractivity contribution is 6.03. The van der Waals surface area contributed by atoms with Gasteiger partial charge in [-0.2, -0.15) is 0 Å². The van der Waals surface area contributed by atoms with Crippen molar-refractivity contribution in [1.82, 2.24) is 4.90 Å². The number of carbonyl (C=O) groups is 2. The van der Waals surface area contributed by atoms with Crippen molar-refractivity contribution in [2.75, 3.05) is 32.2 Å². The highest BCUT2D eigenvalue weighted by atomic mass is 16.6. The van der Waals surface area contributed by atoms with E-state index in [4.69, 9.17) is 9.47 Å². The number of piperazine rings is 1. The Hall–Kier alpha value is -3.62. The minimum atomic E-state index is -0.681. The van der Waals surface area contributed by atoms with Gasteiger partial charge < -0.3 is 19.3 Å². The number of nitro groups is 1. The SMILES string of the molecule is COc1ccc(N2CCN(C(=O)c3ccc([N+](=O)[O-])cc3)C(C)C2=O)cc1OC. The van der Waals surface area contributed by atoms with Gasteiger partial charge in [0.05, 0.1) is 19.1 Å². The molecule has 9 nitrogen and oxygen atoms in total. The molecule has 0 aromatic heterocycles. The Morgan fingerprint density at radius 2 is 1.72 bits per heavy atom. The van der Waals surface area contributed by atoms with Crippen LogP contribution in [0.5, 0.6) is 11.5 Å². The van der Waals surface area contributed by atoms with Gasteiger partial charge in [-0.3, -0.25) is 19.7 Å². The quantitative estimate of drug-likeness (QED) is 0.565. The zero-order valence-electron chi connectivity index (χ0n) is 16.3. The van der Waals surface area contributed by atoms with Gasteiger partial charge in [-0.25, -0.2) is 0 Å². The van der Waals surface area contributed by atoms with E-state index in [0.29, 0.717) is 35.8 Å². The summed E-state index contributed by atoms with van der Waals surface area (Å²) in [6, 6.07) is 9.88. The first-order valence-electron chi connectivity index (χ1n) is 8.96. The van der Waals surface area contributed by atoms with Crippen molar-refractivity contribution in [1.29, 1.82) is 0 Å². The first-order valence-corrected chi connectivity index (χ1v) is 8.96. The summed E-state index contributed by atoms with van der Waals surface area (Å²) >= 11 is 0. The highest BCUT2D eigenvalue weighted by Gasteiger charge is 2.35. The molecule has 1 aliphatic rings. The van der Waals surface area contributed by atoms with E-state index in [0.717, 1.165) is 0 Å². The number of nitro benzene ring substituents is 1. The van der Waals surface area contributed by atoms with Crippen molar-refractivity contribution in [3.05, 3.63) is 58.1 Å². The van der Waals surface area contributed by atoms with Crippen LogP contribution in [-0.2, 0) is 4.79 Å². The van der Waals surface area contributed by atoms with E-state index in [1.54, 1.807) is 30.0 Å². The summed E-state index contributed by atoms with van der Waals surface area (Å²) < 4.78 is 10.5. The molecule has 1 fully saturated rings. The molecule has 2 aromatic carbocycles. The number of nitrogens with zero attached hydrogens (tertiary/aromatic N) is 3. The summed E-state index contributed by atoms with van der Waals surface area (Å²) in [5.41, 5.74) is 0.862. The molecule has 1 saturated heterocycles. The highest BCUT2D eigenvalue weighted by Crippen LogP contribution is 2.32. The van der Waals surface area contributed by atoms with Gasteiger partial charge in [0, 0.05) is 42.5 Å². The fourth-order valence-corrected chi connectivity index (χ4v) is 3.29. The molecule has 0 spiro atoms. The van der Waals surface area contributed by atoms with Gasteiger partial charge in [0.2, 0.25) is 5.91 Å². The largest absolute Gasteiger partial charge is 0.493 e. The van der Waals surface area contributed by atoms with Crippen LogP contribution >= 0.6 is 0 Å². The van der Waals surface area contributed by atoms with E-state index < -0.39 is 11.0 Å². The van der Waals surface area contributed by atoms with Gasteiger partial charge >= 0.3 is 0 Å². The molecule has 0 bridgehead atoms. The van der Waals surface area contributed by atoms with Crippen LogP contribution in [0.3, 0.4) is 0 Å². The molecule has 0 aliphatic carbocycles. The van der Waals surface area contributed by atoms with Crippen LogP contribution in [0.25, 0.3) is 0 Å². The molecule has 1 aliphatic heterocycles. The number of amides is 2.